The zero-order chi connectivity index (χ0) is 30.7. The van der Waals surface area contributed by atoms with E-state index < -0.39 is 72.8 Å². The van der Waals surface area contributed by atoms with Crippen LogP contribution in [-0.2, 0) is 19.1 Å². The van der Waals surface area contributed by atoms with Crippen LogP contribution in [-0.4, -0.2) is 71.6 Å². The van der Waals surface area contributed by atoms with Gasteiger partial charge in [-0.25, -0.2) is 14.4 Å². The van der Waals surface area contributed by atoms with Crippen LogP contribution in [0.4, 0.5) is 25.8 Å². The number of carbonyl (C=O) groups excluding carboxylic acids is 5. The second-order valence-corrected chi connectivity index (χ2v) is 9.84. The number of nitrogens with one attached hydrogen (secondary N) is 5. The first-order chi connectivity index (χ1) is 20.0. The van der Waals surface area contributed by atoms with E-state index in [1.54, 1.807) is 60.7 Å². The molecule has 0 aliphatic heterocycles. The zero-order valence-electron chi connectivity index (χ0n) is 23.3. The van der Waals surface area contributed by atoms with Crippen LogP contribution >= 0.6 is 0 Å². The number of carbonyl (C=O) groups is 5. The maximum absolute atomic E-state index is 13.2. The second-order valence-electron chi connectivity index (χ2n) is 9.84. The third kappa shape index (κ3) is 9.09. The molecule has 5 atom stereocenters. The molecule has 3 rings (SSSR count). The Kier molecular flexibility index (Phi) is 11.1. The van der Waals surface area contributed by atoms with E-state index in [0.717, 1.165) is 0 Å². The number of nitrogens with two attached hydrogens (primary N) is 1. The van der Waals surface area contributed by atoms with Crippen molar-refractivity contribution in [2.45, 2.75) is 63.0 Å². The fraction of sp³-hybridized carbons (Fsp3) is 0.393. The lowest BCUT2D eigenvalue weighted by Gasteiger charge is -2.44. The van der Waals surface area contributed by atoms with Crippen LogP contribution in [0.3, 0.4) is 0 Å². The molecule has 0 aromatic heterocycles. The third-order valence-corrected chi connectivity index (χ3v) is 6.45. The molecule has 42 heavy (non-hydrogen) atoms. The number of amides is 6. The quantitative estimate of drug-likeness (QED) is 0.218. The molecule has 1 fully saturated rings. The lowest BCUT2D eigenvalue weighted by atomic mass is 9.77. The lowest BCUT2D eigenvalue weighted by molar-refractivity contribution is -0.158. The van der Waals surface area contributed by atoms with Crippen molar-refractivity contribution in [3.05, 3.63) is 60.7 Å². The van der Waals surface area contributed by atoms with Gasteiger partial charge in [-0.05, 0) is 37.6 Å². The average molecular weight is 585 g/mol. The summed E-state index contributed by atoms with van der Waals surface area (Å²) in [6.07, 6.45) is -5.03. The fourth-order valence-corrected chi connectivity index (χ4v) is 4.32. The molecule has 0 radical (unpaired) electrons. The van der Waals surface area contributed by atoms with E-state index in [0.29, 0.717) is 24.3 Å². The van der Waals surface area contributed by atoms with Gasteiger partial charge in [-0.3, -0.25) is 20.2 Å². The lowest BCUT2D eigenvalue weighted by Crippen LogP contribution is -2.66. The van der Waals surface area contributed by atoms with Crippen LogP contribution < -0.4 is 32.3 Å². The standard InChI is InChI=1S/C28H36N6O8/c1-3-14-30-25(37)34-20-15-28(40,24(36)31-17(2)23(29)35)16-21(41-26(38)32-18-10-6-4-7-11-18)22(20)42-27(39)33-19-12-8-5-9-13-19/h4-13,17,20-22,40H,3,14-16H2,1-2H3,(H2,29,35)(H,31,36)(H,32,38)(H,33,39)(H2,30,34,37)/t17-,20+,21-,22-,28+/m1/s1. The van der Waals surface area contributed by atoms with Crippen molar-refractivity contribution < 1.29 is 38.6 Å². The molecule has 8 N–H and O–H groups in total. The Hall–Kier alpha value is -4.85. The molecule has 0 unspecified atom stereocenters. The Morgan fingerprint density at radius 2 is 1.48 bits per heavy atom. The zero-order valence-corrected chi connectivity index (χ0v) is 23.3. The van der Waals surface area contributed by atoms with Gasteiger partial charge < -0.3 is 36.3 Å². The molecule has 14 nitrogen and oxygen atoms in total. The largest absolute Gasteiger partial charge is 0.442 e. The normalized spacial score (nSPS) is 22.0. The van der Waals surface area contributed by atoms with Gasteiger partial charge in [0.1, 0.15) is 17.7 Å². The van der Waals surface area contributed by atoms with E-state index in [-0.39, 0.29) is 0 Å². The van der Waals surface area contributed by atoms with Crippen molar-refractivity contribution in [1.82, 2.24) is 16.0 Å². The summed E-state index contributed by atoms with van der Waals surface area (Å²) in [5.41, 5.74) is 3.81. The number of benzene rings is 2. The highest BCUT2D eigenvalue weighted by molar-refractivity contribution is 5.91. The Bertz CT molecular complexity index is 1250. The summed E-state index contributed by atoms with van der Waals surface area (Å²) in [6.45, 7) is 3.50. The number of anilines is 2. The minimum absolute atomic E-state index is 0.318. The molecule has 0 spiro atoms. The minimum atomic E-state index is -2.26. The number of aliphatic hydroxyl groups is 1. The predicted octanol–water partition coefficient (Wildman–Crippen LogP) is 1.81. The maximum atomic E-state index is 13.2. The van der Waals surface area contributed by atoms with Gasteiger partial charge in [0.15, 0.2) is 6.10 Å². The van der Waals surface area contributed by atoms with E-state index in [4.69, 9.17) is 15.2 Å². The Labute approximate surface area is 242 Å². The Balaban J connectivity index is 1.92. The average Bonchev–Trinajstić information content (AvgIpc) is 2.94. The van der Waals surface area contributed by atoms with Gasteiger partial charge in [0.05, 0.1) is 6.04 Å². The summed E-state index contributed by atoms with van der Waals surface area (Å²) < 4.78 is 11.2. The van der Waals surface area contributed by atoms with Crippen molar-refractivity contribution in [1.29, 1.82) is 0 Å². The first kappa shape index (κ1) is 31.7. The number of para-hydroxylation sites is 2. The highest BCUT2D eigenvalue weighted by atomic mass is 16.6. The van der Waals surface area contributed by atoms with Crippen LogP contribution in [0.5, 0.6) is 0 Å². The van der Waals surface area contributed by atoms with Gasteiger partial charge in [0.2, 0.25) is 5.91 Å². The van der Waals surface area contributed by atoms with Crippen LogP contribution in [0.25, 0.3) is 0 Å². The summed E-state index contributed by atoms with van der Waals surface area (Å²) in [7, 11) is 0. The molecule has 0 saturated heterocycles. The van der Waals surface area contributed by atoms with Crippen LogP contribution in [0.1, 0.15) is 33.1 Å². The second kappa shape index (κ2) is 14.7. The predicted molar refractivity (Wildman–Crippen MR) is 152 cm³/mol. The molecule has 6 amide bonds. The molecule has 0 heterocycles. The molecular formula is C28H36N6O8. The van der Waals surface area contributed by atoms with Gasteiger partial charge >= 0.3 is 18.2 Å². The topological polar surface area (TPSA) is 210 Å². The molecule has 2 aromatic rings. The first-order valence-corrected chi connectivity index (χ1v) is 13.4. The molecule has 226 valence electrons. The van der Waals surface area contributed by atoms with Gasteiger partial charge in [0, 0.05) is 30.8 Å². The molecule has 1 aliphatic carbocycles. The van der Waals surface area contributed by atoms with E-state index in [2.05, 4.69) is 26.6 Å². The van der Waals surface area contributed by atoms with E-state index in [9.17, 15) is 29.1 Å². The molecule has 1 aliphatic rings. The summed E-state index contributed by atoms with van der Waals surface area (Å²) in [4.78, 5) is 63.2. The van der Waals surface area contributed by atoms with Gasteiger partial charge in [-0.1, -0.05) is 43.3 Å². The van der Waals surface area contributed by atoms with Crippen LogP contribution in [0.2, 0.25) is 0 Å². The summed E-state index contributed by atoms with van der Waals surface area (Å²) in [6, 6.07) is 13.7. The SMILES string of the molecule is CCCNC(=O)N[C@H]1C[C@@](O)(C(=O)N[C@H](C)C(N)=O)C[C@@H](OC(=O)Nc2ccccc2)[C@@H]1OC(=O)Nc1ccccc1. The van der Waals surface area contributed by atoms with Crippen molar-refractivity contribution in [2.24, 2.45) is 5.73 Å². The van der Waals surface area contributed by atoms with Gasteiger partial charge in [0.25, 0.3) is 5.91 Å². The summed E-state index contributed by atoms with van der Waals surface area (Å²) in [5.74, 6) is -1.83. The fourth-order valence-electron chi connectivity index (χ4n) is 4.32. The smallest absolute Gasteiger partial charge is 0.412 e. The number of hydrogen-bond donors (Lipinski definition) is 7. The highest BCUT2D eigenvalue weighted by Crippen LogP contribution is 2.34. The van der Waals surface area contributed by atoms with Crippen LogP contribution in [0, 0.1) is 0 Å². The monoisotopic (exact) mass is 584 g/mol. The van der Waals surface area contributed by atoms with Crippen molar-refractivity contribution in [3.8, 4) is 0 Å². The number of urea groups is 1. The molecule has 1 saturated carbocycles. The van der Waals surface area contributed by atoms with E-state index in [1.807, 2.05) is 6.92 Å². The van der Waals surface area contributed by atoms with Crippen molar-refractivity contribution in [2.75, 3.05) is 17.2 Å². The number of primary amides is 1. The highest BCUT2D eigenvalue weighted by Gasteiger charge is 2.53. The van der Waals surface area contributed by atoms with E-state index >= 15 is 0 Å². The molecule has 2 aromatic carbocycles. The summed E-state index contributed by atoms with van der Waals surface area (Å²) >= 11 is 0. The minimum Gasteiger partial charge on any atom is -0.442 e. The third-order valence-electron chi connectivity index (χ3n) is 6.45. The number of ether oxygens (including phenoxy) is 2. The molecule has 0 bridgehead atoms. The number of rotatable bonds is 10. The Morgan fingerprint density at radius 1 is 0.929 bits per heavy atom. The van der Waals surface area contributed by atoms with E-state index in [1.165, 1.54) is 6.92 Å². The van der Waals surface area contributed by atoms with Gasteiger partial charge in [-0.2, -0.15) is 0 Å². The molecular weight excluding hydrogens is 548 g/mol. The van der Waals surface area contributed by atoms with Crippen molar-refractivity contribution in [3.63, 3.8) is 0 Å². The maximum Gasteiger partial charge on any atom is 0.412 e. The molecule has 14 heteroatoms. The summed E-state index contributed by atoms with van der Waals surface area (Å²) in [5, 5.41) is 24.1. The number of hydrogen-bond acceptors (Lipinski definition) is 8. The van der Waals surface area contributed by atoms with Gasteiger partial charge in [-0.15, -0.1) is 0 Å². The van der Waals surface area contributed by atoms with Crippen molar-refractivity contribution >= 4 is 41.4 Å². The Morgan fingerprint density at radius 3 is 2.00 bits per heavy atom. The van der Waals surface area contributed by atoms with Crippen LogP contribution in [0.15, 0.2) is 60.7 Å². The first-order valence-electron chi connectivity index (χ1n) is 13.4.